The molecule has 3 heterocycles. The predicted octanol–water partition coefficient (Wildman–Crippen LogP) is 4.77. The van der Waals surface area contributed by atoms with Gasteiger partial charge in [-0.15, -0.1) is 11.3 Å². The van der Waals surface area contributed by atoms with Crippen LogP contribution in [-0.4, -0.2) is 15.8 Å². The van der Waals surface area contributed by atoms with Crippen molar-refractivity contribution in [3.05, 3.63) is 63.7 Å². The Bertz CT molecular complexity index is 953. The molecule has 3 nitrogen and oxygen atoms in total. The van der Waals surface area contributed by atoms with Crippen LogP contribution in [0.2, 0.25) is 0 Å². The number of thiophene rings is 1. The fraction of sp³-hybridized carbons (Fsp3) is 0. The summed E-state index contributed by atoms with van der Waals surface area (Å²) < 4.78 is 1.99. The fourth-order valence-electron chi connectivity index (χ4n) is 2.39. The Hall–Kier alpha value is -1.98. The molecule has 4 rings (SSSR count). The molecule has 0 amide bonds. The summed E-state index contributed by atoms with van der Waals surface area (Å²) in [5.41, 5.74) is 1.38. The van der Waals surface area contributed by atoms with Crippen molar-refractivity contribution < 1.29 is 4.79 Å². The van der Waals surface area contributed by atoms with Crippen molar-refractivity contribution in [2.24, 2.45) is 0 Å². The molecule has 0 aliphatic rings. The van der Waals surface area contributed by atoms with Crippen LogP contribution in [0.25, 0.3) is 21.1 Å². The van der Waals surface area contributed by atoms with Crippen molar-refractivity contribution in [1.82, 2.24) is 9.97 Å². The second kappa shape index (κ2) is 4.79. The van der Waals surface area contributed by atoms with Gasteiger partial charge in [0.05, 0.1) is 10.4 Å². The van der Waals surface area contributed by atoms with E-state index in [9.17, 15) is 4.79 Å². The van der Waals surface area contributed by atoms with E-state index in [0.29, 0.717) is 5.56 Å². The van der Waals surface area contributed by atoms with E-state index >= 15 is 0 Å². The molecule has 0 atom stereocenters. The lowest BCUT2D eigenvalue weighted by molar-refractivity contribution is 0.104. The average molecular weight is 357 g/mol. The van der Waals surface area contributed by atoms with E-state index < -0.39 is 0 Å². The first-order valence-corrected chi connectivity index (χ1v) is 7.99. The van der Waals surface area contributed by atoms with Crippen LogP contribution in [0.5, 0.6) is 0 Å². The highest BCUT2D eigenvalue weighted by Crippen LogP contribution is 2.29. The van der Waals surface area contributed by atoms with Crippen molar-refractivity contribution in [3.8, 4) is 0 Å². The van der Waals surface area contributed by atoms with Crippen LogP contribution in [0.4, 0.5) is 0 Å². The van der Waals surface area contributed by atoms with E-state index in [4.69, 9.17) is 0 Å². The van der Waals surface area contributed by atoms with Gasteiger partial charge in [0, 0.05) is 27.0 Å². The van der Waals surface area contributed by atoms with Gasteiger partial charge in [-0.1, -0.05) is 18.2 Å². The minimum atomic E-state index is 0.0300. The molecule has 5 heteroatoms. The highest BCUT2D eigenvalue weighted by atomic mass is 79.9. The van der Waals surface area contributed by atoms with E-state index in [2.05, 4.69) is 25.9 Å². The number of H-pyrrole nitrogens is 1. The van der Waals surface area contributed by atoms with Crippen molar-refractivity contribution >= 4 is 54.2 Å². The maximum atomic E-state index is 12.7. The van der Waals surface area contributed by atoms with Crippen molar-refractivity contribution in [2.45, 2.75) is 0 Å². The number of aromatic amines is 1. The zero-order valence-corrected chi connectivity index (χ0v) is 13.2. The minimum absolute atomic E-state index is 0.0300. The molecule has 1 aromatic carbocycles. The topological polar surface area (TPSA) is 45.8 Å². The number of hydrogen-bond acceptors (Lipinski definition) is 3. The van der Waals surface area contributed by atoms with Gasteiger partial charge in [0.2, 0.25) is 5.78 Å². The van der Waals surface area contributed by atoms with Gasteiger partial charge in [-0.05, 0) is 39.5 Å². The number of nitrogens with one attached hydrogen (secondary N) is 1. The number of pyridine rings is 1. The molecule has 0 saturated carbocycles. The van der Waals surface area contributed by atoms with Crippen molar-refractivity contribution in [2.75, 3.05) is 0 Å². The Morgan fingerprint density at radius 1 is 1.24 bits per heavy atom. The zero-order valence-electron chi connectivity index (χ0n) is 10.8. The highest BCUT2D eigenvalue weighted by Gasteiger charge is 2.17. The monoisotopic (exact) mass is 356 g/mol. The normalized spacial score (nSPS) is 11.3. The van der Waals surface area contributed by atoms with E-state index in [1.165, 1.54) is 11.3 Å². The van der Waals surface area contributed by atoms with Gasteiger partial charge in [0.1, 0.15) is 5.65 Å². The quantitative estimate of drug-likeness (QED) is 0.525. The van der Waals surface area contributed by atoms with Gasteiger partial charge in [-0.3, -0.25) is 4.79 Å². The molecule has 0 bridgehead atoms. The molecule has 0 aliphatic heterocycles. The molecule has 102 valence electrons. The Labute approximate surface area is 132 Å². The van der Waals surface area contributed by atoms with Crippen LogP contribution in [-0.2, 0) is 0 Å². The third kappa shape index (κ3) is 2.09. The van der Waals surface area contributed by atoms with Gasteiger partial charge in [-0.2, -0.15) is 0 Å². The molecule has 21 heavy (non-hydrogen) atoms. The maximum Gasteiger partial charge on any atom is 0.205 e. The molecule has 1 N–H and O–H groups in total. The van der Waals surface area contributed by atoms with E-state index in [1.54, 1.807) is 12.4 Å². The summed E-state index contributed by atoms with van der Waals surface area (Å²) in [5.74, 6) is 0.0300. The molecule has 4 aromatic rings. The predicted molar refractivity (Wildman–Crippen MR) is 89.1 cm³/mol. The molecule has 0 aliphatic carbocycles. The third-order valence-electron chi connectivity index (χ3n) is 3.39. The molecule has 0 unspecified atom stereocenters. The molecular formula is C16H9BrN2OS. The first-order chi connectivity index (χ1) is 10.2. The number of ketones is 1. The number of aromatic nitrogens is 2. The first-order valence-electron chi connectivity index (χ1n) is 6.38. The van der Waals surface area contributed by atoms with E-state index in [1.807, 2.05) is 36.4 Å². The Morgan fingerprint density at radius 3 is 2.95 bits per heavy atom. The maximum absolute atomic E-state index is 12.7. The van der Waals surface area contributed by atoms with Crippen LogP contribution in [0, 0.1) is 0 Å². The van der Waals surface area contributed by atoms with Crippen LogP contribution in [0.3, 0.4) is 0 Å². The third-order valence-corrected chi connectivity index (χ3v) is 4.94. The second-order valence-electron chi connectivity index (χ2n) is 4.73. The number of hydrogen-bond donors (Lipinski definition) is 1. The van der Waals surface area contributed by atoms with Gasteiger partial charge >= 0.3 is 0 Å². The lowest BCUT2D eigenvalue weighted by Crippen LogP contribution is -1.96. The average Bonchev–Trinajstić information content (AvgIpc) is 3.09. The van der Waals surface area contributed by atoms with Gasteiger partial charge in [0.25, 0.3) is 0 Å². The largest absolute Gasteiger partial charge is 0.345 e. The van der Waals surface area contributed by atoms with Gasteiger partial charge in [0.15, 0.2) is 0 Å². The summed E-state index contributed by atoms with van der Waals surface area (Å²) in [6.45, 7) is 0. The number of nitrogens with zero attached hydrogens (tertiary/aromatic N) is 1. The Morgan fingerprint density at radius 2 is 2.10 bits per heavy atom. The fourth-order valence-corrected chi connectivity index (χ4v) is 3.74. The Kier molecular flexibility index (Phi) is 2.90. The summed E-state index contributed by atoms with van der Waals surface area (Å²) in [5, 5.41) is 1.94. The van der Waals surface area contributed by atoms with Crippen LogP contribution in [0.15, 0.2) is 53.3 Å². The van der Waals surface area contributed by atoms with Crippen LogP contribution < -0.4 is 0 Å². The number of benzene rings is 1. The zero-order chi connectivity index (χ0) is 14.4. The SMILES string of the molecule is O=C(c1cc2ccccc2s1)c1c[nH]c2ncc(Br)cc12. The minimum Gasteiger partial charge on any atom is -0.345 e. The Balaban J connectivity index is 1.87. The molecule has 0 fully saturated rings. The number of carbonyl (C=O) groups excluding carboxylic acids is 1. The van der Waals surface area contributed by atoms with Crippen LogP contribution in [0.1, 0.15) is 15.2 Å². The lowest BCUT2D eigenvalue weighted by Gasteiger charge is -1.96. The van der Waals surface area contributed by atoms with Crippen molar-refractivity contribution in [3.63, 3.8) is 0 Å². The van der Waals surface area contributed by atoms with E-state index in [-0.39, 0.29) is 5.78 Å². The molecule has 0 radical (unpaired) electrons. The number of fused-ring (bicyclic) bond motifs is 2. The number of rotatable bonds is 2. The van der Waals surface area contributed by atoms with Crippen LogP contribution >= 0.6 is 27.3 Å². The smallest absolute Gasteiger partial charge is 0.205 e. The summed E-state index contributed by atoms with van der Waals surface area (Å²) >= 11 is 4.92. The molecular weight excluding hydrogens is 348 g/mol. The molecule has 0 spiro atoms. The van der Waals surface area contributed by atoms with Gasteiger partial charge < -0.3 is 4.98 Å². The summed E-state index contributed by atoms with van der Waals surface area (Å²) in [4.78, 5) is 20.8. The second-order valence-corrected chi connectivity index (χ2v) is 6.73. The summed E-state index contributed by atoms with van der Waals surface area (Å²) in [6, 6.07) is 11.9. The summed E-state index contributed by atoms with van der Waals surface area (Å²) in [7, 11) is 0. The van der Waals surface area contributed by atoms with Gasteiger partial charge in [-0.25, -0.2) is 4.98 Å². The van der Waals surface area contributed by atoms with Crippen molar-refractivity contribution in [1.29, 1.82) is 0 Å². The standard InChI is InChI=1S/C16H9BrN2OS/c17-10-6-11-12(8-19-16(11)18-7-10)15(20)14-5-9-3-1-2-4-13(9)21-14/h1-8H,(H,18,19). The summed E-state index contributed by atoms with van der Waals surface area (Å²) in [6.07, 6.45) is 3.45. The van der Waals surface area contributed by atoms with E-state index in [0.717, 1.165) is 30.5 Å². The first kappa shape index (κ1) is 12.7. The highest BCUT2D eigenvalue weighted by molar-refractivity contribution is 9.10. The molecule has 0 saturated heterocycles. The number of carbonyl (C=O) groups is 1. The lowest BCUT2D eigenvalue weighted by atomic mass is 10.1. The molecule has 3 aromatic heterocycles. The number of halogens is 1.